The Hall–Kier alpha value is -2.35. The van der Waals surface area contributed by atoms with Crippen LogP contribution in [0.2, 0.25) is 0 Å². The van der Waals surface area contributed by atoms with E-state index in [1.807, 2.05) is 54.6 Å². The maximum atomic E-state index is 12.8. The summed E-state index contributed by atoms with van der Waals surface area (Å²) >= 11 is 0. The maximum absolute atomic E-state index is 12.8. The molecule has 20 heavy (non-hydrogen) atoms. The van der Waals surface area contributed by atoms with Crippen molar-refractivity contribution in [3.8, 4) is 11.1 Å². The monoisotopic (exact) mass is 264 g/mol. The maximum Gasteiger partial charge on any atom is 0.200 e. The molecule has 0 spiro atoms. The van der Waals surface area contributed by atoms with E-state index in [1.54, 1.807) is 0 Å². The molecule has 100 valence electrons. The summed E-state index contributed by atoms with van der Waals surface area (Å²) in [7, 11) is 0. The van der Waals surface area contributed by atoms with Gasteiger partial charge in [0, 0.05) is 6.42 Å². The highest BCUT2D eigenvalue weighted by molar-refractivity contribution is 5.82. The lowest BCUT2D eigenvalue weighted by Gasteiger charge is -2.09. The SMILES string of the molecule is CCCc1oc2ccccc2c(=O)c1-c1ccccc1. The minimum atomic E-state index is 0.0569. The molecular weight excluding hydrogens is 248 g/mol. The molecule has 0 saturated carbocycles. The molecule has 0 aliphatic carbocycles. The van der Waals surface area contributed by atoms with Crippen molar-refractivity contribution in [2.45, 2.75) is 19.8 Å². The number of hydrogen-bond acceptors (Lipinski definition) is 2. The molecule has 3 aromatic rings. The molecule has 1 aromatic heterocycles. The molecule has 3 rings (SSSR count). The van der Waals surface area contributed by atoms with Gasteiger partial charge in [-0.3, -0.25) is 4.79 Å². The minimum Gasteiger partial charge on any atom is -0.460 e. The van der Waals surface area contributed by atoms with E-state index in [2.05, 4.69) is 6.92 Å². The van der Waals surface area contributed by atoms with Crippen LogP contribution in [0.25, 0.3) is 22.1 Å². The quantitative estimate of drug-likeness (QED) is 0.701. The number of rotatable bonds is 3. The summed E-state index contributed by atoms with van der Waals surface area (Å²) < 4.78 is 5.97. The van der Waals surface area contributed by atoms with E-state index in [9.17, 15) is 4.79 Å². The van der Waals surface area contributed by atoms with Gasteiger partial charge in [0.05, 0.1) is 10.9 Å². The Bertz CT molecular complexity index is 785. The van der Waals surface area contributed by atoms with Gasteiger partial charge in [0.25, 0.3) is 0 Å². The van der Waals surface area contributed by atoms with Crippen molar-refractivity contribution in [3.63, 3.8) is 0 Å². The lowest BCUT2D eigenvalue weighted by molar-refractivity contribution is 0.534. The van der Waals surface area contributed by atoms with Crippen LogP contribution in [0.5, 0.6) is 0 Å². The number of benzene rings is 2. The van der Waals surface area contributed by atoms with Crippen molar-refractivity contribution in [1.29, 1.82) is 0 Å². The highest BCUT2D eigenvalue weighted by atomic mass is 16.3. The summed E-state index contributed by atoms with van der Waals surface area (Å²) in [5.74, 6) is 0.780. The molecule has 0 atom stereocenters. The molecule has 0 saturated heterocycles. The van der Waals surface area contributed by atoms with Gasteiger partial charge < -0.3 is 4.42 Å². The van der Waals surface area contributed by atoms with E-state index in [0.717, 1.165) is 24.2 Å². The fraction of sp³-hybridized carbons (Fsp3) is 0.167. The Balaban J connectivity index is 2.36. The topological polar surface area (TPSA) is 30.2 Å². The van der Waals surface area contributed by atoms with Crippen LogP contribution in [0, 0.1) is 0 Å². The molecule has 2 aromatic carbocycles. The predicted molar refractivity (Wildman–Crippen MR) is 81.9 cm³/mol. The van der Waals surface area contributed by atoms with Crippen LogP contribution in [0.3, 0.4) is 0 Å². The molecule has 0 N–H and O–H groups in total. The van der Waals surface area contributed by atoms with Gasteiger partial charge in [0.15, 0.2) is 0 Å². The molecule has 0 aliphatic rings. The zero-order valence-electron chi connectivity index (χ0n) is 11.4. The van der Waals surface area contributed by atoms with Gasteiger partial charge in [-0.1, -0.05) is 49.4 Å². The van der Waals surface area contributed by atoms with Gasteiger partial charge in [-0.05, 0) is 24.1 Å². The first-order valence-electron chi connectivity index (χ1n) is 6.91. The Kier molecular flexibility index (Phi) is 3.38. The molecule has 0 radical (unpaired) electrons. The molecule has 1 heterocycles. The first kappa shape index (κ1) is 12.7. The Morgan fingerprint density at radius 1 is 0.950 bits per heavy atom. The molecule has 0 fully saturated rings. The van der Waals surface area contributed by atoms with E-state index < -0.39 is 0 Å². The molecule has 0 unspecified atom stereocenters. The van der Waals surface area contributed by atoms with Crippen LogP contribution in [0.1, 0.15) is 19.1 Å². The van der Waals surface area contributed by atoms with Crippen molar-refractivity contribution >= 4 is 11.0 Å². The first-order chi connectivity index (χ1) is 9.81. The van der Waals surface area contributed by atoms with Gasteiger partial charge >= 0.3 is 0 Å². The highest BCUT2D eigenvalue weighted by Crippen LogP contribution is 2.25. The minimum absolute atomic E-state index is 0.0569. The second kappa shape index (κ2) is 5.33. The van der Waals surface area contributed by atoms with Crippen molar-refractivity contribution < 1.29 is 4.42 Å². The average molecular weight is 264 g/mol. The number of aryl methyl sites for hydroxylation is 1. The van der Waals surface area contributed by atoms with Crippen molar-refractivity contribution in [2.24, 2.45) is 0 Å². The van der Waals surface area contributed by atoms with E-state index in [-0.39, 0.29) is 5.43 Å². The summed E-state index contributed by atoms with van der Waals surface area (Å²) in [6.07, 6.45) is 1.71. The third kappa shape index (κ3) is 2.14. The van der Waals surface area contributed by atoms with Crippen molar-refractivity contribution in [2.75, 3.05) is 0 Å². The van der Waals surface area contributed by atoms with E-state index >= 15 is 0 Å². The summed E-state index contributed by atoms with van der Waals surface area (Å²) in [6, 6.07) is 17.2. The molecule has 2 nitrogen and oxygen atoms in total. The lowest BCUT2D eigenvalue weighted by Crippen LogP contribution is -2.09. The van der Waals surface area contributed by atoms with Crippen LogP contribution < -0.4 is 5.43 Å². The van der Waals surface area contributed by atoms with Gasteiger partial charge in [0.1, 0.15) is 11.3 Å². The second-order valence-corrected chi connectivity index (χ2v) is 4.84. The summed E-state index contributed by atoms with van der Waals surface area (Å²) in [5.41, 5.74) is 2.35. The lowest BCUT2D eigenvalue weighted by atomic mass is 10.0. The molecule has 0 amide bonds. The number of hydrogen-bond donors (Lipinski definition) is 0. The Labute approximate surface area is 117 Å². The third-order valence-electron chi connectivity index (χ3n) is 3.41. The van der Waals surface area contributed by atoms with Crippen LogP contribution in [0.4, 0.5) is 0 Å². The van der Waals surface area contributed by atoms with Gasteiger partial charge in [-0.25, -0.2) is 0 Å². The average Bonchev–Trinajstić information content (AvgIpc) is 2.49. The van der Waals surface area contributed by atoms with Crippen molar-refractivity contribution in [3.05, 3.63) is 70.6 Å². The fourth-order valence-electron chi connectivity index (χ4n) is 2.49. The fourth-order valence-corrected chi connectivity index (χ4v) is 2.49. The van der Waals surface area contributed by atoms with Crippen LogP contribution in [0.15, 0.2) is 63.8 Å². The third-order valence-corrected chi connectivity index (χ3v) is 3.41. The summed E-state index contributed by atoms with van der Waals surface area (Å²) in [5, 5.41) is 0.645. The van der Waals surface area contributed by atoms with Crippen LogP contribution in [-0.2, 0) is 6.42 Å². The number of para-hydroxylation sites is 1. The largest absolute Gasteiger partial charge is 0.460 e. The predicted octanol–water partition coefficient (Wildman–Crippen LogP) is 4.41. The van der Waals surface area contributed by atoms with Gasteiger partial charge in [-0.2, -0.15) is 0 Å². The van der Waals surface area contributed by atoms with E-state index in [0.29, 0.717) is 16.5 Å². The van der Waals surface area contributed by atoms with E-state index in [4.69, 9.17) is 4.42 Å². The van der Waals surface area contributed by atoms with E-state index in [1.165, 1.54) is 0 Å². The molecule has 2 heteroatoms. The zero-order chi connectivity index (χ0) is 13.9. The van der Waals surface area contributed by atoms with Crippen LogP contribution in [-0.4, -0.2) is 0 Å². The smallest absolute Gasteiger partial charge is 0.200 e. The zero-order valence-corrected chi connectivity index (χ0v) is 11.4. The Morgan fingerprint density at radius 2 is 1.65 bits per heavy atom. The first-order valence-corrected chi connectivity index (χ1v) is 6.91. The van der Waals surface area contributed by atoms with Crippen LogP contribution >= 0.6 is 0 Å². The standard InChI is InChI=1S/C18H16O2/c1-2-8-16-17(13-9-4-3-5-10-13)18(19)14-11-6-7-12-15(14)20-16/h3-7,9-12H,2,8H2,1H3. The van der Waals surface area contributed by atoms with Gasteiger partial charge in [-0.15, -0.1) is 0 Å². The Morgan fingerprint density at radius 3 is 2.40 bits per heavy atom. The van der Waals surface area contributed by atoms with Crippen molar-refractivity contribution in [1.82, 2.24) is 0 Å². The molecular formula is C18H16O2. The highest BCUT2D eigenvalue weighted by Gasteiger charge is 2.14. The molecule has 0 aliphatic heterocycles. The normalized spacial score (nSPS) is 10.8. The number of fused-ring (bicyclic) bond motifs is 1. The second-order valence-electron chi connectivity index (χ2n) is 4.84. The molecule has 0 bridgehead atoms. The van der Waals surface area contributed by atoms with Gasteiger partial charge in [0.2, 0.25) is 5.43 Å². The summed E-state index contributed by atoms with van der Waals surface area (Å²) in [4.78, 5) is 12.8. The summed E-state index contributed by atoms with van der Waals surface area (Å²) in [6.45, 7) is 2.09.